The fourth-order valence-electron chi connectivity index (χ4n) is 0.995. The predicted molar refractivity (Wildman–Crippen MR) is 41.2 cm³/mol. The van der Waals surface area contributed by atoms with E-state index in [1.165, 1.54) is 12.4 Å². The van der Waals surface area contributed by atoms with Crippen LogP contribution in [-0.2, 0) is 32.7 Å². The van der Waals surface area contributed by atoms with Crippen LogP contribution in [0.5, 0.6) is 0 Å². The van der Waals surface area contributed by atoms with Crippen LogP contribution < -0.4 is 5.73 Å². The van der Waals surface area contributed by atoms with Crippen LogP contribution in [-0.4, -0.2) is 20.9 Å². The van der Waals surface area contributed by atoms with E-state index in [-0.39, 0.29) is 32.7 Å². The van der Waals surface area contributed by atoms with Gasteiger partial charge in [-0.25, -0.2) is 0 Å². The number of hydrogen-bond acceptors (Lipinski definition) is 3. The molecular formula is C7H5N4OY-. The molecule has 1 radical (unpaired) electrons. The van der Waals surface area contributed by atoms with Crippen molar-refractivity contribution in [3.63, 3.8) is 0 Å². The Balaban J connectivity index is 0.000000845. The largest absolute Gasteiger partial charge is 0.376 e. The summed E-state index contributed by atoms with van der Waals surface area (Å²) in [5, 5.41) is 0. The molecule has 2 heterocycles. The first kappa shape index (κ1) is 10.3. The van der Waals surface area contributed by atoms with Gasteiger partial charge in [0.2, 0.25) is 0 Å². The van der Waals surface area contributed by atoms with Crippen molar-refractivity contribution >= 4 is 17.1 Å². The molecule has 5 nitrogen and oxygen atoms in total. The molecule has 0 bridgehead atoms. The second kappa shape index (κ2) is 3.93. The zero-order valence-corrected chi connectivity index (χ0v) is 9.45. The van der Waals surface area contributed by atoms with E-state index in [2.05, 4.69) is 21.1 Å². The zero-order chi connectivity index (χ0) is 8.55. The van der Waals surface area contributed by atoms with E-state index in [0.29, 0.717) is 16.7 Å². The molecule has 2 aromatic rings. The Bertz CT molecular complexity index is 439. The third-order valence-corrected chi connectivity index (χ3v) is 1.53. The van der Waals surface area contributed by atoms with Crippen molar-refractivity contribution in [3.8, 4) is 0 Å². The van der Waals surface area contributed by atoms with Crippen LogP contribution in [0, 0.1) is 6.20 Å². The van der Waals surface area contributed by atoms with Gasteiger partial charge in [0.05, 0.1) is 12.0 Å². The smallest absolute Gasteiger partial charge is 0.194 e. The summed E-state index contributed by atoms with van der Waals surface area (Å²) in [4.78, 5) is 21.3. The van der Waals surface area contributed by atoms with Gasteiger partial charge in [0, 0.05) is 32.7 Å². The normalized spacial score (nSPS) is 9.54. The first-order valence-corrected chi connectivity index (χ1v) is 3.29. The summed E-state index contributed by atoms with van der Waals surface area (Å²) in [7, 11) is 0. The fourth-order valence-corrected chi connectivity index (χ4v) is 0.995. The minimum atomic E-state index is -0.511. The number of primary amides is 1. The summed E-state index contributed by atoms with van der Waals surface area (Å²) in [6.07, 6.45) is 3.99. The average molecular weight is 250 g/mol. The number of nitrogens with two attached hydrogens (primary N) is 1. The number of aromatic nitrogens is 3. The molecule has 6 heteroatoms. The van der Waals surface area contributed by atoms with Crippen molar-refractivity contribution in [2.24, 2.45) is 5.73 Å². The van der Waals surface area contributed by atoms with Crippen molar-refractivity contribution in [2.45, 2.75) is 0 Å². The van der Waals surface area contributed by atoms with Gasteiger partial charge < -0.3 is 15.7 Å². The van der Waals surface area contributed by atoms with E-state index < -0.39 is 5.91 Å². The molecule has 0 spiro atoms. The number of fused-ring (bicyclic) bond motifs is 1. The second-order valence-corrected chi connectivity index (χ2v) is 2.26. The Kier molecular flexibility index (Phi) is 3.11. The summed E-state index contributed by atoms with van der Waals surface area (Å²) in [5.74, 6) is -0.511. The second-order valence-electron chi connectivity index (χ2n) is 2.26. The summed E-state index contributed by atoms with van der Waals surface area (Å²) in [6, 6.07) is 1.43. The molecule has 0 aliphatic carbocycles. The molecule has 0 saturated carbocycles. The van der Waals surface area contributed by atoms with Crippen LogP contribution in [0.1, 0.15) is 10.4 Å². The first-order valence-electron chi connectivity index (χ1n) is 3.29. The topological polar surface area (TPSA) is 84.7 Å². The SMILES string of the molecule is NC(=O)c1c[c-]nc2nc[nH]c12.[Y]. The number of hydrogen-bond donors (Lipinski definition) is 2. The molecule has 0 unspecified atom stereocenters. The number of pyridine rings is 1. The summed E-state index contributed by atoms with van der Waals surface area (Å²) in [6.45, 7) is 0. The third-order valence-electron chi connectivity index (χ3n) is 1.53. The van der Waals surface area contributed by atoms with E-state index in [9.17, 15) is 4.79 Å². The Morgan fingerprint density at radius 1 is 1.62 bits per heavy atom. The van der Waals surface area contributed by atoms with Crippen LogP contribution in [0.2, 0.25) is 0 Å². The van der Waals surface area contributed by atoms with Crippen molar-refractivity contribution < 1.29 is 37.5 Å². The van der Waals surface area contributed by atoms with E-state index in [0.717, 1.165) is 0 Å². The molecule has 1 amide bonds. The number of carbonyl (C=O) groups excluding carboxylic acids is 1. The van der Waals surface area contributed by atoms with Crippen LogP contribution in [0.3, 0.4) is 0 Å². The fraction of sp³-hybridized carbons (Fsp3) is 0. The monoisotopic (exact) mass is 250 g/mol. The Morgan fingerprint density at radius 2 is 2.38 bits per heavy atom. The summed E-state index contributed by atoms with van der Waals surface area (Å²) < 4.78 is 0. The molecular weight excluding hydrogens is 245 g/mol. The molecule has 0 aromatic carbocycles. The number of nitrogens with zero attached hydrogens (tertiary/aromatic N) is 2. The number of imidazole rings is 1. The van der Waals surface area contributed by atoms with Gasteiger partial charge in [0.25, 0.3) is 0 Å². The van der Waals surface area contributed by atoms with Crippen molar-refractivity contribution in [1.29, 1.82) is 0 Å². The minimum absolute atomic E-state index is 0. The number of amides is 1. The summed E-state index contributed by atoms with van der Waals surface area (Å²) in [5.41, 5.74) is 6.47. The predicted octanol–water partition coefficient (Wildman–Crippen LogP) is -0.146. The van der Waals surface area contributed by atoms with Crippen LogP contribution in [0.15, 0.2) is 12.4 Å². The van der Waals surface area contributed by atoms with Gasteiger partial charge in [-0.15, -0.1) is 6.07 Å². The van der Waals surface area contributed by atoms with Gasteiger partial charge in [-0.3, -0.25) is 9.78 Å². The van der Waals surface area contributed by atoms with Gasteiger partial charge in [-0.2, -0.15) is 0 Å². The maximum atomic E-state index is 10.8. The molecule has 13 heavy (non-hydrogen) atoms. The average Bonchev–Trinajstić information content (AvgIpc) is 2.49. The molecule has 3 N–H and O–H groups in total. The van der Waals surface area contributed by atoms with E-state index in [1.54, 1.807) is 0 Å². The quantitative estimate of drug-likeness (QED) is 0.690. The molecule has 2 aromatic heterocycles. The van der Waals surface area contributed by atoms with Crippen LogP contribution >= 0.6 is 0 Å². The molecule has 0 atom stereocenters. The van der Waals surface area contributed by atoms with Gasteiger partial charge >= 0.3 is 0 Å². The third kappa shape index (κ3) is 1.76. The molecule has 0 saturated heterocycles. The standard InChI is InChI=1S/C7H5N4O.Y/c8-6(12)4-1-2-9-7-5(4)10-3-11-7;/h1,3H,(H2,8,12)(H,9,10,11);/q-1;. The minimum Gasteiger partial charge on any atom is -0.376 e. The molecule has 2 rings (SSSR count). The van der Waals surface area contributed by atoms with E-state index in [4.69, 9.17) is 5.73 Å². The zero-order valence-electron chi connectivity index (χ0n) is 6.61. The van der Waals surface area contributed by atoms with Crippen molar-refractivity contribution in [1.82, 2.24) is 15.0 Å². The Hall–Kier alpha value is -0.806. The van der Waals surface area contributed by atoms with Crippen LogP contribution in [0.4, 0.5) is 0 Å². The first-order chi connectivity index (χ1) is 5.79. The Labute approximate surface area is 99.0 Å². The van der Waals surface area contributed by atoms with Crippen molar-refractivity contribution in [3.05, 3.63) is 24.2 Å². The number of carbonyl (C=O) groups is 1. The van der Waals surface area contributed by atoms with E-state index >= 15 is 0 Å². The maximum absolute atomic E-state index is 10.8. The van der Waals surface area contributed by atoms with Crippen molar-refractivity contribution in [2.75, 3.05) is 0 Å². The van der Waals surface area contributed by atoms with E-state index in [1.807, 2.05) is 0 Å². The molecule has 0 aliphatic rings. The molecule has 0 fully saturated rings. The number of aromatic amines is 1. The number of nitrogens with one attached hydrogen (secondary N) is 1. The van der Waals surface area contributed by atoms with Gasteiger partial charge in [-0.05, 0) is 11.1 Å². The molecule has 0 aliphatic heterocycles. The summed E-state index contributed by atoms with van der Waals surface area (Å²) >= 11 is 0. The van der Waals surface area contributed by atoms with Gasteiger partial charge in [0.1, 0.15) is 0 Å². The van der Waals surface area contributed by atoms with Gasteiger partial charge in [0.15, 0.2) is 5.91 Å². The molecule has 63 valence electrons. The number of H-pyrrole nitrogens is 1. The number of rotatable bonds is 1. The van der Waals surface area contributed by atoms with Gasteiger partial charge in [-0.1, -0.05) is 6.20 Å². The maximum Gasteiger partial charge on any atom is 0.194 e. The van der Waals surface area contributed by atoms with Crippen LogP contribution in [0.25, 0.3) is 11.2 Å². The Morgan fingerprint density at radius 3 is 3.08 bits per heavy atom.